The number of amides is 1. The van der Waals surface area contributed by atoms with E-state index in [1.54, 1.807) is 6.92 Å². The second kappa shape index (κ2) is 6.70. The molecule has 3 N–H and O–H groups in total. The van der Waals surface area contributed by atoms with E-state index in [9.17, 15) is 4.79 Å². The molecule has 0 saturated carbocycles. The van der Waals surface area contributed by atoms with Gasteiger partial charge in [0.1, 0.15) is 5.60 Å². The number of ether oxygens (including phenoxy) is 1. The van der Waals surface area contributed by atoms with Crippen molar-refractivity contribution in [3.63, 3.8) is 0 Å². The van der Waals surface area contributed by atoms with Crippen LogP contribution in [0.3, 0.4) is 0 Å². The molecular weight excluding hydrogens is 208 g/mol. The summed E-state index contributed by atoms with van der Waals surface area (Å²) in [4.78, 5) is 11.3. The van der Waals surface area contributed by atoms with Gasteiger partial charge in [-0.3, -0.25) is 0 Å². The molecule has 0 fully saturated rings. The van der Waals surface area contributed by atoms with E-state index in [1.807, 2.05) is 27.7 Å². The Hall–Kier alpha value is -0.810. The number of hydrogen-bond acceptors (Lipinski definition) is 4. The molecule has 0 aromatic rings. The van der Waals surface area contributed by atoms with Gasteiger partial charge in [0.15, 0.2) is 0 Å². The number of aliphatic hydroxyl groups is 1. The molecule has 96 valence electrons. The minimum Gasteiger partial charge on any atom is -0.444 e. The second-order valence-electron chi connectivity index (χ2n) is 5.04. The van der Waals surface area contributed by atoms with Crippen LogP contribution in [0.5, 0.6) is 0 Å². The van der Waals surface area contributed by atoms with E-state index < -0.39 is 11.7 Å². The maximum atomic E-state index is 11.3. The van der Waals surface area contributed by atoms with Gasteiger partial charge in [-0.25, -0.2) is 4.79 Å². The third kappa shape index (κ3) is 9.73. The van der Waals surface area contributed by atoms with Crippen LogP contribution in [0.4, 0.5) is 4.79 Å². The number of hydrogen-bond donors (Lipinski definition) is 3. The van der Waals surface area contributed by atoms with Crippen molar-refractivity contribution in [3.8, 4) is 0 Å². The first-order valence-electron chi connectivity index (χ1n) is 5.59. The molecule has 0 aliphatic rings. The summed E-state index contributed by atoms with van der Waals surface area (Å²) in [6.07, 6.45) is -0.804. The van der Waals surface area contributed by atoms with E-state index in [0.29, 0.717) is 13.1 Å². The van der Waals surface area contributed by atoms with Gasteiger partial charge in [-0.2, -0.15) is 0 Å². The maximum absolute atomic E-state index is 11.3. The van der Waals surface area contributed by atoms with E-state index in [2.05, 4.69) is 10.6 Å². The Morgan fingerprint density at radius 3 is 2.31 bits per heavy atom. The first kappa shape index (κ1) is 15.2. The minimum atomic E-state index is -0.472. The van der Waals surface area contributed by atoms with Gasteiger partial charge in [0.2, 0.25) is 0 Å². The zero-order valence-electron chi connectivity index (χ0n) is 10.8. The standard InChI is InChI=1S/C11H24N2O3/c1-8(12-7-9(2)14)6-13-10(15)16-11(3,4)5/h8-9,12,14H,6-7H2,1-5H3,(H,13,15)/t8?,9-/m0/s1. The third-order valence-corrected chi connectivity index (χ3v) is 1.71. The van der Waals surface area contributed by atoms with Gasteiger partial charge >= 0.3 is 6.09 Å². The molecule has 0 heterocycles. The second-order valence-corrected chi connectivity index (χ2v) is 5.04. The summed E-state index contributed by atoms with van der Waals surface area (Å²) in [7, 11) is 0. The first-order chi connectivity index (χ1) is 7.20. The highest BCUT2D eigenvalue weighted by atomic mass is 16.6. The Balaban J connectivity index is 3.67. The highest BCUT2D eigenvalue weighted by Crippen LogP contribution is 2.06. The van der Waals surface area contributed by atoms with Crippen molar-refractivity contribution in [2.45, 2.75) is 52.4 Å². The summed E-state index contributed by atoms with van der Waals surface area (Å²) in [5, 5.41) is 14.8. The molecule has 0 radical (unpaired) electrons. The Bertz CT molecular complexity index is 212. The molecule has 1 amide bonds. The van der Waals surface area contributed by atoms with E-state index in [-0.39, 0.29) is 12.1 Å². The van der Waals surface area contributed by atoms with Crippen LogP contribution in [0.25, 0.3) is 0 Å². The first-order valence-corrected chi connectivity index (χ1v) is 5.59. The van der Waals surface area contributed by atoms with Crippen molar-refractivity contribution < 1.29 is 14.6 Å². The molecule has 0 aliphatic carbocycles. The van der Waals surface area contributed by atoms with Crippen molar-refractivity contribution in [2.24, 2.45) is 0 Å². The fourth-order valence-electron chi connectivity index (χ4n) is 0.995. The summed E-state index contributed by atoms with van der Waals surface area (Å²) in [5.41, 5.74) is -0.472. The molecule has 0 bridgehead atoms. The normalized spacial score (nSPS) is 15.4. The van der Waals surface area contributed by atoms with Gasteiger partial charge in [-0.05, 0) is 34.6 Å². The highest BCUT2D eigenvalue weighted by molar-refractivity contribution is 5.67. The molecule has 0 aromatic carbocycles. The number of aliphatic hydroxyl groups excluding tert-OH is 1. The number of nitrogens with one attached hydrogen (secondary N) is 2. The lowest BCUT2D eigenvalue weighted by Crippen LogP contribution is -2.42. The molecule has 5 heteroatoms. The van der Waals surface area contributed by atoms with E-state index in [1.165, 1.54) is 0 Å². The van der Waals surface area contributed by atoms with Gasteiger partial charge < -0.3 is 20.5 Å². The molecule has 16 heavy (non-hydrogen) atoms. The van der Waals surface area contributed by atoms with Crippen LogP contribution in [0, 0.1) is 0 Å². The Labute approximate surface area is 97.6 Å². The summed E-state index contributed by atoms with van der Waals surface area (Å²) in [6.45, 7) is 10.1. The van der Waals surface area contributed by atoms with E-state index >= 15 is 0 Å². The summed E-state index contributed by atoms with van der Waals surface area (Å²) in [5.74, 6) is 0. The quantitative estimate of drug-likeness (QED) is 0.658. The van der Waals surface area contributed by atoms with Crippen LogP contribution < -0.4 is 10.6 Å². The maximum Gasteiger partial charge on any atom is 0.407 e. The molecule has 0 aromatic heterocycles. The van der Waals surface area contributed by atoms with E-state index in [4.69, 9.17) is 9.84 Å². The predicted octanol–water partition coefficient (Wildman–Crippen LogP) is 0.870. The van der Waals surface area contributed by atoms with Crippen LogP contribution in [0.15, 0.2) is 0 Å². The fraction of sp³-hybridized carbons (Fsp3) is 0.909. The average Bonchev–Trinajstić information content (AvgIpc) is 2.08. The van der Waals surface area contributed by atoms with Gasteiger partial charge in [0, 0.05) is 19.1 Å². The Kier molecular flexibility index (Phi) is 6.36. The molecule has 5 nitrogen and oxygen atoms in total. The third-order valence-electron chi connectivity index (χ3n) is 1.71. The lowest BCUT2D eigenvalue weighted by atomic mass is 10.2. The van der Waals surface area contributed by atoms with Crippen molar-refractivity contribution in [2.75, 3.05) is 13.1 Å². The molecule has 0 aliphatic heterocycles. The lowest BCUT2D eigenvalue weighted by Gasteiger charge is -2.21. The predicted molar refractivity (Wildman–Crippen MR) is 63.4 cm³/mol. The Morgan fingerprint density at radius 2 is 1.88 bits per heavy atom. The fourth-order valence-corrected chi connectivity index (χ4v) is 0.995. The molecule has 0 saturated heterocycles. The number of alkyl carbamates (subject to hydrolysis) is 1. The van der Waals surface area contributed by atoms with Crippen LogP contribution in [0.1, 0.15) is 34.6 Å². The largest absolute Gasteiger partial charge is 0.444 e. The van der Waals surface area contributed by atoms with E-state index in [0.717, 1.165) is 0 Å². The van der Waals surface area contributed by atoms with Crippen LogP contribution in [-0.2, 0) is 4.74 Å². The molecule has 0 rings (SSSR count). The van der Waals surface area contributed by atoms with Crippen molar-refractivity contribution in [1.29, 1.82) is 0 Å². The van der Waals surface area contributed by atoms with Gasteiger partial charge in [-0.1, -0.05) is 0 Å². The van der Waals surface area contributed by atoms with Gasteiger partial charge in [0.05, 0.1) is 6.10 Å². The monoisotopic (exact) mass is 232 g/mol. The van der Waals surface area contributed by atoms with Crippen molar-refractivity contribution in [1.82, 2.24) is 10.6 Å². The van der Waals surface area contributed by atoms with Crippen LogP contribution in [0.2, 0.25) is 0 Å². The number of carbonyl (C=O) groups is 1. The molecular formula is C11H24N2O3. The number of carbonyl (C=O) groups excluding carboxylic acids is 1. The summed E-state index contributed by atoms with van der Waals surface area (Å²) >= 11 is 0. The SMILES string of the molecule is CC(CNC(=O)OC(C)(C)C)NC[C@H](C)O. The lowest BCUT2D eigenvalue weighted by molar-refractivity contribution is 0.0523. The average molecular weight is 232 g/mol. The van der Waals surface area contributed by atoms with Gasteiger partial charge in [0.25, 0.3) is 0 Å². The summed E-state index contributed by atoms with van der Waals surface area (Å²) in [6, 6.07) is 0.0992. The topological polar surface area (TPSA) is 70.6 Å². The van der Waals surface area contributed by atoms with Crippen LogP contribution in [-0.4, -0.2) is 42.0 Å². The molecule has 0 spiro atoms. The van der Waals surface area contributed by atoms with Crippen LogP contribution >= 0.6 is 0 Å². The zero-order valence-corrected chi connectivity index (χ0v) is 10.8. The number of rotatable bonds is 5. The van der Waals surface area contributed by atoms with Crippen molar-refractivity contribution >= 4 is 6.09 Å². The highest BCUT2D eigenvalue weighted by Gasteiger charge is 2.16. The minimum absolute atomic E-state index is 0.0992. The molecule has 2 atom stereocenters. The molecule has 1 unspecified atom stereocenters. The van der Waals surface area contributed by atoms with Gasteiger partial charge in [-0.15, -0.1) is 0 Å². The zero-order chi connectivity index (χ0) is 12.8. The van der Waals surface area contributed by atoms with Crippen molar-refractivity contribution in [3.05, 3.63) is 0 Å². The smallest absolute Gasteiger partial charge is 0.407 e. The Morgan fingerprint density at radius 1 is 1.31 bits per heavy atom. The summed E-state index contributed by atoms with van der Waals surface area (Å²) < 4.78 is 5.09.